The Morgan fingerprint density at radius 3 is 2.71 bits per heavy atom. The Balaban J connectivity index is 3.12. The van der Waals surface area contributed by atoms with Crippen molar-refractivity contribution < 1.29 is 13.9 Å². The summed E-state index contributed by atoms with van der Waals surface area (Å²) in [5.41, 5.74) is -0.183. The number of amides is 1. The molecule has 0 unspecified atom stereocenters. The lowest BCUT2D eigenvalue weighted by Crippen LogP contribution is -2.41. The number of carbonyl (C=O) groups is 1. The summed E-state index contributed by atoms with van der Waals surface area (Å²) < 4.78 is 18.4. The van der Waals surface area contributed by atoms with Crippen LogP contribution in [0.25, 0.3) is 0 Å². The molecule has 0 saturated carbocycles. The van der Waals surface area contributed by atoms with Gasteiger partial charge in [0.1, 0.15) is 17.4 Å². The third kappa shape index (κ3) is 3.33. The monoisotopic (exact) mass is 259 g/mol. The van der Waals surface area contributed by atoms with Crippen molar-refractivity contribution in [2.24, 2.45) is 0 Å². The topological polar surface area (TPSA) is 38.3 Å². The first kappa shape index (κ1) is 13.8. The van der Waals surface area contributed by atoms with Crippen molar-refractivity contribution in [3.8, 4) is 5.75 Å². The van der Waals surface area contributed by atoms with E-state index in [1.807, 2.05) is 0 Å². The van der Waals surface area contributed by atoms with Crippen LogP contribution in [0.4, 0.5) is 4.39 Å². The average Bonchev–Trinajstić information content (AvgIpc) is 2.28. The van der Waals surface area contributed by atoms with Gasteiger partial charge in [0, 0.05) is 5.56 Å². The second-order valence-corrected chi connectivity index (χ2v) is 4.42. The smallest absolute Gasteiger partial charge is 0.235 e. The van der Waals surface area contributed by atoms with Gasteiger partial charge in [-0.05, 0) is 32.0 Å². The number of nitrogens with one attached hydrogen (secondary N) is 1. The first-order chi connectivity index (χ1) is 7.90. The predicted octanol–water partition coefficient (Wildman–Crippen LogP) is 2.42. The van der Waals surface area contributed by atoms with E-state index < -0.39 is 5.54 Å². The molecule has 1 rings (SSSR count). The van der Waals surface area contributed by atoms with Crippen LogP contribution in [0.3, 0.4) is 0 Å². The summed E-state index contributed by atoms with van der Waals surface area (Å²) in [6.45, 7) is 3.52. The van der Waals surface area contributed by atoms with Gasteiger partial charge in [-0.3, -0.25) is 4.79 Å². The standard InChI is InChI=1S/C12H15ClFNO2/c1-12(2,15-11(16)7-13)9-6-8(14)4-5-10(9)17-3/h4-6H,7H2,1-3H3,(H,15,16). The molecule has 0 bridgehead atoms. The van der Waals surface area contributed by atoms with Gasteiger partial charge in [0.05, 0.1) is 12.6 Å². The zero-order valence-corrected chi connectivity index (χ0v) is 10.8. The van der Waals surface area contributed by atoms with E-state index in [2.05, 4.69) is 5.32 Å². The highest BCUT2D eigenvalue weighted by atomic mass is 35.5. The SMILES string of the molecule is COc1ccc(F)cc1C(C)(C)NC(=O)CCl. The molecule has 5 heteroatoms. The molecule has 0 spiro atoms. The maximum Gasteiger partial charge on any atom is 0.235 e. The number of halogens is 2. The summed E-state index contributed by atoms with van der Waals surface area (Å²) in [6.07, 6.45) is 0. The molecule has 1 N–H and O–H groups in total. The second-order valence-electron chi connectivity index (χ2n) is 4.15. The zero-order valence-electron chi connectivity index (χ0n) is 10.0. The van der Waals surface area contributed by atoms with Gasteiger partial charge in [-0.2, -0.15) is 0 Å². The number of rotatable bonds is 4. The summed E-state index contributed by atoms with van der Waals surface area (Å²) in [7, 11) is 1.50. The van der Waals surface area contributed by atoms with Crippen LogP contribution in [-0.4, -0.2) is 18.9 Å². The normalized spacial score (nSPS) is 11.1. The maximum absolute atomic E-state index is 13.2. The third-order valence-corrected chi connectivity index (χ3v) is 2.65. The molecule has 0 heterocycles. The van der Waals surface area contributed by atoms with Crippen molar-refractivity contribution in [1.82, 2.24) is 5.32 Å². The van der Waals surface area contributed by atoms with Crippen molar-refractivity contribution in [2.45, 2.75) is 19.4 Å². The highest BCUT2D eigenvalue weighted by Gasteiger charge is 2.26. The fourth-order valence-corrected chi connectivity index (χ4v) is 1.68. The van der Waals surface area contributed by atoms with Crippen LogP contribution in [-0.2, 0) is 10.3 Å². The fourth-order valence-electron chi connectivity index (χ4n) is 1.62. The number of hydrogen-bond donors (Lipinski definition) is 1. The Morgan fingerprint density at radius 2 is 2.18 bits per heavy atom. The number of hydrogen-bond acceptors (Lipinski definition) is 2. The van der Waals surface area contributed by atoms with Crippen LogP contribution in [0.1, 0.15) is 19.4 Å². The third-order valence-electron chi connectivity index (χ3n) is 2.41. The lowest BCUT2D eigenvalue weighted by Gasteiger charge is -2.28. The molecule has 0 aliphatic rings. The van der Waals surface area contributed by atoms with Gasteiger partial charge in [0.15, 0.2) is 0 Å². The van der Waals surface area contributed by atoms with E-state index in [4.69, 9.17) is 16.3 Å². The maximum atomic E-state index is 13.2. The number of benzene rings is 1. The van der Waals surface area contributed by atoms with E-state index in [1.54, 1.807) is 13.8 Å². The summed E-state index contributed by atoms with van der Waals surface area (Å²) in [4.78, 5) is 11.3. The zero-order chi connectivity index (χ0) is 13.1. The molecular formula is C12H15ClFNO2. The Kier molecular flexibility index (Phi) is 4.34. The van der Waals surface area contributed by atoms with Gasteiger partial charge in [0.2, 0.25) is 5.91 Å². The number of alkyl halides is 1. The first-order valence-corrected chi connectivity index (χ1v) is 5.65. The minimum Gasteiger partial charge on any atom is -0.496 e. The molecule has 0 aromatic heterocycles. The Labute approximate surface area is 105 Å². The predicted molar refractivity (Wildman–Crippen MR) is 64.8 cm³/mol. The van der Waals surface area contributed by atoms with Crippen molar-refractivity contribution >= 4 is 17.5 Å². The van der Waals surface area contributed by atoms with Gasteiger partial charge >= 0.3 is 0 Å². The van der Waals surface area contributed by atoms with Crippen LogP contribution in [0.2, 0.25) is 0 Å². The van der Waals surface area contributed by atoms with Gasteiger partial charge in [-0.1, -0.05) is 0 Å². The van der Waals surface area contributed by atoms with E-state index in [0.29, 0.717) is 11.3 Å². The van der Waals surface area contributed by atoms with Crippen LogP contribution < -0.4 is 10.1 Å². The minimum atomic E-state index is -0.751. The fraction of sp³-hybridized carbons (Fsp3) is 0.417. The Hall–Kier alpha value is -1.29. The van der Waals surface area contributed by atoms with Crippen LogP contribution in [0.5, 0.6) is 5.75 Å². The van der Waals surface area contributed by atoms with Gasteiger partial charge in [-0.25, -0.2) is 4.39 Å². The summed E-state index contributed by atoms with van der Waals surface area (Å²) in [5.74, 6) is -0.315. The van der Waals surface area contributed by atoms with Crippen molar-refractivity contribution in [2.75, 3.05) is 13.0 Å². The largest absolute Gasteiger partial charge is 0.496 e. The minimum absolute atomic E-state index is 0.138. The van der Waals surface area contributed by atoms with E-state index in [1.165, 1.54) is 25.3 Å². The van der Waals surface area contributed by atoms with Crippen molar-refractivity contribution in [3.05, 3.63) is 29.6 Å². The summed E-state index contributed by atoms with van der Waals surface area (Å²) in [5, 5.41) is 2.71. The number of ether oxygens (including phenoxy) is 1. The lowest BCUT2D eigenvalue weighted by atomic mass is 9.93. The average molecular weight is 260 g/mol. The number of carbonyl (C=O) groups excluding carboxylic acids is 1. The van der Waals surface area contributed by atoms with Gasteiger partial charge in [0.25, 0.3) is 0 Å². The molecular weight excluding hydrogens is 245 g/mol. The molecule has 0 aliphatic heterocycles. The van der Waals surface area contributed by atoms with Gasteiger partial charge < -0.3 is 10.1 Å². The highest BCUT2D eigenvalue weighted by Crippen LogP contribution is 2.30. The molecule has 94 valence electrons. The highest BCUT2D eigenvalue weighted by molar-refractivity contribution is 6.27. The van der Waals surface area contributed by atoms with Crippen LogP contribution >= 0.6 is 11.6 Å². The molecule has 1 amide bonds. The van der Waals surface area contributed by atoms with Crippen LogP contribution in [0, 0.1) is 5.82 Å². The molecule has 3 nitrogen and oxygen atoms in total. The first-order valence-electron chi connectivity index (χ1n) is 5.11. The van der Waals surface area contributed by atoms with Crippen molar-refractivity contribution in [3.63, 3.8) is 0 Å². The lowest BCUT2D eigenvalue weighted by molar-refractivity contribution is -0.120. The Bertz CT molecular complexity index is 421. The molecule has 0 atom stereocenters. The van der Waals surface area contributed by atoms with E-state index in [0.717, 1.165) is 0 Å². The molecule has 1 aromatic rings. The Morgan fingerprint density at radius 1 is 1.53 bits per heavy atom. The molecule has 0 radical (unpaired) electrons. The number of methoxy groups -OCH3 is 1. The molecule has 0 aliphatic carbocycles. The van der Waals surface area contributed by atoms with E-state index >= 15 is 0 Å². The molecule has 0 fully saturated rings. The van der Waals surface area contributed by atoms with Gasteiger partial charge in [-0.15, -0.1) is 11.6 Å². The molecule has 0 saturated heterocycles. The molecule has 17 heavy (non-hydrogen) atoms. The molecule has 1 aromatic carbocycles. The second kappa shape index (κ2) is 5.36. The summed E-state index contributed by atoms with van der Waals surface area (Å²) in [6, 6.07) is 4.17. The van der Waals surface area contributed by atoms with Crippen LogP contribution in [0.15, 0.2) is 18.2 Å². The van der Waals surface area contributed by atoms with E-state index in [9.17, 15) is 9.18 Å². The van der Waals surface area contributed by atoms with E-state index in [-0.39, 0.29) is 17.6 Å². The summed E-state index contributed by atoms with van der Waals surface area (Å²) >= 11 is 5.43. The van der Waals surface area contributed by atoms with Crippen molar-refractivity contribution in [1.29, 1.82) is 0 Å². The quantitative estimate of drug-likeness (QED) is 0.844.